The van der Waals surface area contributed by atoms with Gasteiger partial charge in [0, 0.05) is 52.7 Å². The van der Waals surface area contributed by atoms with Crippen LogP contribution in [0.2, 0.25) is 0 Å². The van der Waals surface area contributed by atoms with Crippen LogP contribution in [0.5, 0.6) is 0 Å². The lowest BCUT2D eigenvalue weighted by atomic mass is 9.98. The van der Waals surface area contributed by atoms with Crippen molar-refractivity contribution in [2.75, 3.05) is 22.6 Å². The molecule has 0 spiro atoms. The van der Waals surface area contributed by atoms with Crippen LogP contribution >= 0.6 is 0 Å². The van der Waals surface area contributed by atoms with E-state index in [4.69, 9.17) is 8.22 Å². The standard InChI is InChI=1S/C24H24FN9O/c1-5-18(35)16-12-28-20(30-19-7-6-14(25)11-27-19)10-17(16)29-24-23-15(8-9-26-24)22-21(13(2)33(23)3)31-34(4)32-22/h6-13H,5H2,1-4H3,(H2,26,27,28,29,30)/t13-/m1/s1/i1D3,4D3. The van der Waals surface area contributed by atoms with Crippen molar-refractivity contribution in [2.45, 2.75) is 26.2 Å². The largest absolute Gasteiger partial charge is 0.363 e. The number of aromatic nitrogens is 6. The maximum atomic E-state index is 13.3. The number of carbonyl (C=O) groups is 1. The first kappa shape index (κ1) is 16.3. The summed E-state index contributed by atoms with van der Waals surface area (Å²) in [5.74, 6) is -0.352. The van der Waals surface area contributed by atoms with Gasteiger partial charge in [-0.15, -0.1) is 0 Å². The van der Waals surface area contributed by atoms with Gasteiger partial charge in [-0.05, 0) is 25.1 Å². The molecular weight excluding hydrogens is 449 g/mol. The summed E-state index contributed by atoms with van der Waals surface area (Å²) in [4.78, 5) is 28.2. The fourth-order valence-electron chi connectivity index (χ4n) is 3.91. The molecule has 11 heteroatoms. The predicted molar refractivity (Wildman–Crippen MR) is 131 cm³/mol. The zero-order chi connectivity index (χ0) is 29.7. The van der Waals surface area contributed by atoms with Crippen LogP contribution in [0.3, 0.4) is 0 Å². The number of nitrogens with zero attached hydrogens (tertiary/aromatic N) is 7. The highest BCUT2D eigenvalue weighted by Gasteiger charge is 2.32. The van der Waals surface area contributed by atoms with E-state index in [1.165, 1.54) is 30.6 Å². The van der Waals surface area contributed by atoms with E-state index in [1.54, 1.807) is 13.1 Å². The van der Waals surface area contributed by atoms with Gasteiger partial charge in [-0.25, -0.2) is 19.3 Å². The monoisotopic (exact) mass is 479 g/mol. The van der Waals surface area contributed by atoms with Crippen LogP contribution in [0, 0.1) is 5.82 Å². The number of aryl methyl sites for hydroxylation is 1. The number of pyridine rings is 3. The molecule has 1 atom stereocenters. The average Bonchev–Trinajstić information content (AvgIpc) is 3.35. The van der Waals surface area contributed by atoms with Gasteiger partial charge in [0.2, 0.25) is 0 Å². The van der Waals surface area contributed by atoms with Gasteiger partial charge >= 0.3 is 0 Å². The quantitative estimate of drug-likeness (QED) is 0.388. The van der Waals surface area contributed by atoms with Crippen LogP contribution in [-0.2, 0) is 6.98 Å². The first-order valence-corrected chi connectivity index (χ1v) is 10.6. The van der Waals surface area contributed by atoms with Crippen LogP contribution in [0.1, 0.15) is 50.5 Å². The highest BCUT2D eigenvalue weighted by atomic mass is 19.1. The fraction of sp³-hybridized carbons (Fsp3) is 0.250. The van der Waals surface area contributed by atoms with E-state index in [0.717, 1.165) is 6.20 Å². The number of carbonyl (C=O) groups excluding carboxylic acids is 1. The molecule has 4 aromatic heterocycles. The summed E-state index contributed by atoms with van der Waals surface area (Å²) in [6.45, 7) is -3.23. The summed E-state index contributed by atoms with van der Waals surface area (Å²) in [6.07, 6.45) is 3.05. The second kappa shape index (κ2) is 8.75. The Bertz CT molecular complexity index is 1620. The third-order valence-corrected chi connectivity index (χ3v) is 5.75. The number of hydrogen-bond acceptors (Lipinski definition) is 9. The second-order valence-corrected chi connectivity index (χ2v) is 7.89. The Hall–Kier alpha value is -4.41. The molecule has 1 aliphatic rings. The van der Waals surface area contributed by atoms with Gasteiger partial charge in [-0.3, -0.25) is 4.79 Å². The Kier molecular flexibility index (Phi) is 4.06. The second-order valence-electron chi connectivity index (χ2n) is 7.89. The molecule has 0 aliphatic carbocycles. The molecule has 0 amide bonds. The molecule has 0 saturated carbocycles. The molecule has 5 heterocycles. The molecule has 0 aromatic carbocycles. The van der Waals surface area contributed by atoms with Gasteiger partial charge in [-0.2, -0.15) is 15.0 Å². The number of Topliss-reactive ketones (excluding diaryl/α,β-unsaturated/α-hetero) is 1. The van der Waals surface area contributed by atoms with Crippen molar-refractivity contribution in [3.8, 4) is 11.3 Å². The summed E-state index contributed by atoms with van der Waals surface area (Å²) >= 11 is 0. The molecule has 4 aromatic rings. The SMILES string of the molecule is [2H]C([2H])([2H])CC(=O)c1cnc(Nc2ccc(F)cn2)cc1Nc1nccc2c1N(C)[C@H](C)c1nn(C([2H])([2H])[2H])nc1-2. The van der Waals surface area contributed by atoms with Crippen LogP contribution in [-0.4, -0.2) is 42.8 Å². The first-order valence-electron chi connectivity index (χ1n) is 13.6. The topological polar surface area (TPSA) is 114 Å². The van der Waals surface area contributed by atoms with E-state index >= 15 is 0 Å². The molecule has 0 saturated heterocycles. The number of nitrogens with one attached hydrogen (secondary N) is 2. The van der Waals surface area contributed by atoms with Crippen LogP contribution < -0.4 is 15.5 Å². The molecule has 10 nitrogen and oxygen atoms in total. The van der Waals surface area contributed by atoms with Crippen molar-refractivity contribution in [2.24, 2.45) is 6.98 Å². The van der Waals surface area contributed by atoms with Crippen LogP contribution in [0.15, 0.2) is 42.9 Å². The summed E-state index contributed by atoms with van der Waals surface area (Å²) < 4.78 is 59.1. The average molecular weight is 480 g/mol. The minimum absolute atomic E-state index is 0.0127. The normalized spacial score (nSPS) is 17.6. The lowest BCUT2D eigenvalue weighted by Crippen LogP contribution is -2.27. The Balaban J connectivity index is 1.59. The molecule has 0 radical (unpaired) electrons. The highest BCUT2D eigenvalue weighted by molar-refractivity contribution is 6.02. The fourth-order valence-corrected chi connectivity index (χ4v) is 3.91. The van der Waals surface area contributed by atoms with E-state index in [-0.39, 0.29) is 23.1 Å². The van der Waals surface area contributed by atoms with E-state index in [1.807, 2.05) is 11.8 Å². The highest BCUT2D eigenvalue weighted by Crippen LogP contribution is 2.45. The Morgan fingerprint density at radius 1 is 1.14 bits per heavy atom. The van der Waals surface area contributed by atoms with Gasteiger partial charge in [0.05, 0.1) is 29.2 Å². The number of fused-ring (bicyclic) bond motifs is 3. The van der Waals surface area contributed by atoms with Gasteiger partial charge in [0.25, 0.3) is 0 Å². The molecule has 1 aliphatic heterocycles. The maximum Gasteiger partial charge on any atom is 0.166 e. The van der Waals surface area contributed by atoms with Crippen molar-refractivity contribution in [3.63, 3.8) is 0 Å². The Morgan fingerprint density at radius 3 is 2.77 bits per heavy atom. The molecule has 35 heavy (non-hydrogen) atoms. The first-order chi connectivity index (χ1) is 19.2. The van der Waals surface area contributed by atoms with Gasteiger partial charge < -0.3 is 15.5 Å². The zero-order valence-corrected chi connectivity index (χ0v) is 18.7. The van der Waals surface area contributed by atoms with Crippen LogP contribution in [0.4, 0.5) is 33.2 Å². The minimum atomic E-state index is -2.57. The Labute approximate surface area is 209 Å². The lowest BCUT2D eigenvalue weighted by Gasteiger charge is -2.33. The smallest absolute Gasteiger partial charge is 0.166 e. The van der Waals surface area contributed by atoms with E-state index in [9.17, 15) is 9.18 Å². The summed E-state index contributed by atoms with van der Waals surface area (Å²) in [7, 11) is 1.79. The van der Waals surface area contributed by atoms with Crippen molar-refractivity contribution < 1.29 is 17.4 Å². The Morgan fingerprint density at radius 2 is 2.00 bits per heavy atom. The van der Waals surface area contributed by atoms with Crippen molar-refractivity contribution in [1.82, 2.24) is 29.9 Å². The number of rotatable bonds is 6. The maximum absolute atomic E-state index is 13.3. The van der Waals surface area contributed by atoms with E-state index in [2.05, 4.69) is 35.8 Å². The molecule has 0 unspecified atom stereocenters. The number of ketones is 1. The molecule has 0 fully saturated rings. The molecule has 0 bridgehead atoms. The lowest BCUT2D eigenvalue weighted by molar-refractivity contribution is 0.0988. The molecule has 2 N–H and O–H groups in total. The van der Waals surface area contributed by atoms with Crippen LogP contribution in [0.25, 0.3) is 11.3 Å². The number of hydrogen-bond donors (Lipinski definition) is 2. The zero-order valence-electron chi connectivity index (χ0n) is 24.7. The third-order valence-electron chi connectivity index (χ3n) is 5.75. The predicted octanol–water partition coefficient (Wildman–Crippen LogP) is 4.40. The van der Waals surface area contributed by atoms with E-state index in [0.29, 0.717) is 39.1 Å². The summed E-state index contributed by atoms with van der Waals surface area (Å²) in [5.41, 5.74) is 2.20. The number of anilines is 5. The summed E-state index contributed by atoms with van der Waals surface area (Å²) in [6, 6.07) is 5.42. The third kappa shape index (κ3) is 4.05. The molecule has 178 valence electrons. The summed E-state index contributed by atoms with van der Waals surface area (Å²) in [5, 5.41) is 14.5. The van der Waals surface area contributed by atoms with Gasteiger partial charge in [0.1, 0.15) is 28.8 Å². The molecular formula is C24H24FN9O. The van der Waals surface area contributed by atoms with Crippen molar-refractivity contribution in [3.05, 3.63) is 59.9 Å². The minimum Gasteiger partial charge on any atom is -0.363 e. The van der Waals surface area contributed by atoms with Gasteiger partial charge in [-0.1, -0.05) is 6.85 Å². The van der Waals surface area contributed by atoms with Gasteiger partial charge in [0.15, 0.2) is 11.6 Å². The van der Waals surface area contributed by atoms with Crippen molar-refractivity contribution >= 4 is 34.6 Å². The van der Waals surface area contributed by atoms with E-state index < -0.39 is 31.8 Å². The van der Waals surface area contributed by atoms with Crippen molar-refractivity contribution in [1.29, 1.82) is 0 Å². The number of halogens is 1. The molecule has 5 rings (SSSR count).